The molecule has 0 amide bonds. The first-order valence-electron chi connectivity index (χ1n) is 6.37. The molecule has 0 spiro atoms. The van der Waals surface area contributed by atoms with Crippen molar-refractivity contribution in [2.75, 3.05) is 14.2 Å². The van der Waals surface area contributed by atoms with Gasteiger partial charge in [-0.1, -0.05) is 6.07 Å². The maximum atomic E-state index is 5.36. The second-order valence-electron chi connectivity index (χ2n) is 4.82. The Morgan fingerprint density at radius 3 is 1.95 bits per heavy atom. The van der Waals surface area contributed by atoms with Gasteiger partial charge in [-0.3, -0.25) is 0 Å². The van der Waals surface area contributed by atoms with E-state index in [2.05, 4.69) is 45.0 Å². The predicted octanol–water partition coefficient (Wildman–Crippen LogP) is 4.30. The molecule has 0 heterocycles. The van der Waals surface area contributed by atoms with Crippen molar-refractivity contribution in [2.45, 2.75) is 20.8 Å². The second-order valence-corrected chi connectivity index (χ2v) is 4.82. The average Bonchev–Trinajstić information content (AvgIpc) is 2.41. The van der Waals surface area contributed by atoms with Crippen LogP contribution in [0.1, 0.15) is 16.7 Å². The van der Waals surface area contributed by atoms with Crippen LogP contribution in [-0.4, -0.2) is 14.2 Å². The fourth-order valence-corrected chi connectivity index (χ4v) is 2.37. The third kappa shape index (κ3) is 2.58. The van der Waals surface area contributed by atoms with Crippen LogP contribution in [0.2, 0.25) is 0 Å². The predicted molar refractivity (Wildman–Crippen MR) is 79.2 cm³/mol. The van der Waals surface area contributed by atoms with Gasteiger partial charge in [-0.15, -0.1) is 0 Å². The fraction of sp³-hybridized carbons (Fsp3) is 0.294. The third-order valence-corrected chi connectivity index (χ3v) is 3.47. The first kappa shape index (κ1) is 13.5. The van der Waals surface area contributed by atoms with Crippen molar-refractivity contribution in [3.8, 4) is 22.6 Å². The van der Waals surface area contributed by atoms with E-state index in [0.29, 0.717) is 0 Å². The van der Waals surface area contributed by atoms with Crippen LogP contribution in [0.5, 0.6) is 11.5 Å². The lowest BCUT2D eigenvalue weighted by Gasteiger charge is -2.14. The molecule has 0 aliphatic carbocycles. The van der Waals surface area contributed by atoms with Crippen LogP contribution in [0.4, 0.5) is 0 Å². The molecule has 0 radical (unpaired) electrons. The molecule has 2 aromatic rings. The summed E-state index contributed by atoms with van der Waals surface area (Å²) in [5, 5.41) is 0. The lowest BCUT2D eigenvalue weighted by atomic mass is 9.94. The summed E-state index contributed by atoms with van der Waals surface area (Å²) in [6.07, 6.45) is 0. The highest BCUT2D eigenvalue weighted by Gasteiger charge is 2.09. The smallest absolute Gasteiger partial charge is 0.122 e. The van der Waals surface area contributed by atoms with E-state index in [9.17, 15) is 0 Å². The molecule has 0 unspecified atom stereocenters. The van der Waals surface area contributed by atoms with Crippen LogP contribution < -0.4 is 9.47 Å². The van der Waals surface area contributed by atoms with E-state index < -0.39 is 0 Å². The van der Waals surface area contributed by atoms with Crippen LogP contribution in [0, 0.1) is 20.8 Å². The Bertz CT molecular complexity index is 600. The number of ether oxygens (including phenoxy) is 2. The Balaban J connectivity index is 2.56. The van der Waals surface area contributed by atoms with E-state index in [1.54, 1.807) is 14.2 Å². The minimum absolute atomic E-state index is 0.893. The molecule has 2 aromatic carbocycles. The van der Waals surface area contributed by atoms with Crippen LogP contribution in [0.3, 0.4) is 0 Å². The monoisotopic (exact) mass is 256 g/mol. The first-order valence-corrected chi connectivity index (χ1v) is 6.37. The number of hydrogen-bond acceptors (Lipinski definition) is 2. The van der Waals surface area contributed by atoms with Crippen LogP contribution >= 0.6 is 0 Å². The maximum absolute atomic E-state index is 5.36. The summed E-state index contributed by atoms with van der Waals surface area (Å²) in [6.45, 7) is 6.29. The van der Waals surface area contributed by atoms with Crippen molar-refractivity contribution in [3.05, 3.63) is 47.0 Å². The molecule has 100 valence electrons. The van der Waals surface area contributed by atoms with Crippen LogP contribution in [0.15, 0.2) is 30.3 Å². The molecule has 0 aliphatic rings. The van der Waals surface area contributed by atoms with Crippen molar-refractivity contribution in [1.82, 2.24) is 0 Å². The van der Waals surface area contributed by atoms with Crippen LogP contribution in [-0.2, 0) is 0 Å². The summed E-state index contributed by atoms with van der Waals surface area (Å²) < 4.78 is 10.6. The minimum Gasteiger partial charge on any atom is -0.497 e. The van der Waals surface area contributed by atoms with Gasteiger partial charge in [-0.05, 0) is 72.9 Å². The van der Waals surface area contributed by atoms with E-state index in [1.165, 1.54) is 22.3 Å². The van der Waals surface area contributed by atoms with Crippen molar-refractivity contribution >= 4 is 0 Å². The van der Waals surface area contributed by atoms with Gasteiger partial charge in [-0.25, -0.2) is 0 Å². The second kappa shape index (κ2) is 5.35. The zero-order valence-corrected chi connectivity index (χ0v) is 12.2. The molecular formula is C17H20O2. The summed E-state index contributed by atoms with van der Waals surface area (Å²) in [4.78, 5) is 0. The van der Waals surface area contributed by atoms with E-state index >= 15 is 0 Å². The number of methoxy groups -OCH3 is 2. The zero-order chi connectivity index (χ0) is 14.0. The average molecular weight is 256 g/mol. The largest absolute Gasteiger partial charge is 0.497 e. The van der Waals surface area contributed by atoms with Gasteiger partial charge in [0.1, 0.15) is 11.5 Å². The van der Waals surface area contributed by atoms with Gasteiger partial charge in [0.05, 0.1) is 14.2 Å². The topological polar surface area (TPSA) is 18.5 Å². The molecule has 0 atom stereocenters. The molecule has 2 rings (SSSR count). The molecule has 0 bridgehead atoms. The lowest BCUT2D eigenvalue weighted by molar-refractivity contribution is 0.411. The van der Waals surface area contributed by atoms with Crippen molar-refractivity contribution < 1.29 is 9.47 Å². The summed E-state index contributed by atoms with van der Waals surface area (Å²) in [5.74, 6) is 1.83. The van der Waals surface area contributed by atoms with E-state index in [1.807, 2.05) is 6.07 Å². The standard InChI is InChI=1S/C17H20O2/c1-11-8-14(18-4)6-7-15(11)16-9-13(3)17(19-5)10-12(16)2/h6-10H,1-5H3. The van der Waals surface area contributed by atoms with E-state index in [-0.39, 0.29) is 0 Å². The Kier molecular flexibility index (Phi) is 3.79. The molecule has 2 heteroatoms. The van der Waals surface area contributed by atoms with Gasteiger partial charge in [-0.2, -0.15) is 0 Å². The Morgan fingerprint density at radius 1 is 0.684 bits per heavy atom. The van der Waals surface area contributed by atoms with Gasteiger partial charge < -0.3 is 9.47 Å². The quantitative estimate of drug-likeness (QED) is 0.815. The summed E-state index contributed by atoms with van der Waals surface area (Å²) in [7, 11) is 3.40. The Morgan fingerprint density at radius 2 is 1.37 bits per heavy atom. The highest BCUT2D eigenvalue weighted by Crippen LogP contribution is 2.33. The molecule has 2 nitrogen and oxygen atoms in total. The number of hydrogen-bond donors (Lipinski definition) is 0. The zero-order valence-electron chi connectivity index (χ0n) is 12.2. The number of benzene rings is 2. The third-order valence-electron chi connectivity index (χ3n) is 3.47. The molecule has 0 aliphatic heterocycles. The first-order chi connectivity index (χ1) is 9.06. The van der Waals surface area contributed by atoms with Gasteiger partial charge in [0.25, 0.3) is 0 Å². The highest BCUT2D eigenvalue weighted by molar-refractivity contribution is 5.73. The molecule has 0 saturated carbocycles. The molecule has 0 saturated heterocycles. The number of rotatable bonds is 3. The molecule has 0 aromatic heterocycles. The van der Waals surface area contributed by atoms with E-state index in [0.717, 1.165) is 17.1 Å². The molecule has 0 N–H and O–H groups in total. The van der Waals surface area contributed by atoms with Crippen molar-refractivity contribution in [3.63, 3.8) is 0 Å². The Labute approximate surface area is 115 Å². The van der Waals surface area contributed by atoms with Gasteiger partial charge in [0.15, 0.2) is 0 Å². The van der Waals surface area contributed by atoms with Gasteiger partial charge in [0.2, 0.25) is 0 Å². The highest BCUT2D eigenvalue weighted by atomic mass is 16.5. The van der Waals surface area contributed by atoms with E-state index in [4.69, 9.17) is 9.47 Å². The Hall–Kier alpha value is -1.96. The molecule has 19 heavy (non-hydrogen) atoms. The van der Waals surface area contributed by atoms with Gasteiger partial charge in [0, 0.05) is 0 Å². The SMILES string of the molecule is COc1ccc(-c2cc(C)c(OC)cc2C)c(C)c1. The summed E-state index contributed by atoms with van der Waals surface area (Å²) in [6, 6.07) is 10.5. The summed E-state index contributed by atoms with van der Waals surface area (Å²) >= 11 is 0. The maximum Gasteiger partial charge on any atom is 0.122 e. The lowest BCUT2D eigenvalue weighted by Crippen LogP contribution is -1.93. The van der Waals surface area contributed by atoms with Crippen molar-refractivity contribution in [1.29, 1.82) is 0 Å². The van der Waals surface area contributed by atoms with Gasteiger partial charge >= 0.3 is 0 Å². The normalized spacial score (nSPS) is 10.4. The molecular weight excluding hydrogens is 236 g/mol. The fourth-order valence-electron chi connectivity index (χ4n) is 2.37. The number of aryl methyl sites for hydroxylation is 3. The van der Waals surface area contributed by atoms with Crippen molar-refractivity contribution in [2.24, 2.45) is 0 Å². The van der Waals surface area contributed by atoms with Crippen LogP contribution in [0.25, 0.3) is 11.1 Å². The minimum atomic E-state index is 0.893. The summed E-state index contributed by atoms with van der Waals surface area (Å²) in [5.41, 5.74) is 6.07. The molecule has 0 fully saturated rings.